The lowest BCUT2D eigenvalue weighted by molar-refractivity contribution is -0.152. The van der Waals surface area contributed by atoms with E-state index < -0.39 is 36.1 Å². The summed E-state index contributed by atoms with van der Waals surface area (Å²) in [6, 6.07) is -0.868. The Hall–Kier alpha value is -1.31. The first-order chi connectivity index (χ1) is 9.03. The molecule has 0 radical (unpaired) electrons. The van der Waals surface area contributed by atoms with Gasteiger partial charge in [-0.1, -0.05) is 13.8 Å². The number of hydrogen-bond acceptors (Lipinski definition) is 3. The van der Waals surface area contributed by atoms with Crippen molar-refractivity contribution in [2.24, 2.45) is 5.41 Å². The Morgan fingerprint density at radius 3 is 2.50 bits per heavy atom. The van der Waals surface area contributed by atoms with Crippen LogP contribution < -0.4 is 5.32 Å². The van der Waals surface area contributed by atoms with E-state index in [1.165, 1.54) is 4.90 Å². The molecule has 20 heavy (non-hydrogen) atoms. The Balaban J connectivity index is 2.65. The SMILES string of the molecule is CC1(C)CCCN(CC(=O)NCC(F)(F)F)C1C(=O)O. The molecule has 1 saturated heterocycles. The van der Waals surface area contributed by atoms with Crippen molar-refractivity contribution in [2.45, 2.75) is 38.9 Å². The van der Waals surface area contributed by atoms with Crippen molar-refractivity contribution in [1.82, 2.24) is 10.2 Å². The van der Waals surface area contributed by atoms with Gasteiger partial charge in [-0.3, -0.25) is 14.5 Å². The van der Waals surface area contributed by atoms with Crippen LogP contribution in [0.2, 0.25) is 0 Å². The van der Waals surface area contributed by atoms with Crippen molar-refractivity contribution < 1.29 is 27.9 Å². The Bertz CT molecular complexity index is 383. The molecular formula is C12H19F3N2O3. The van der Waals surface area contributed by atoms with Crippen LogP contribution in [0.5, 0.6) is 0 Å². The van der Waals surface area contributed by atoms with Crippen LogP contribution in [0.4, 0.5) is 13.2 Å². The van der Waals surface area contributed by atoms with Gasteiger partial charge in [0.05, 0.1) is 6.54 Å². The van der Waals surface area contributed by atoms with E-state index in [1.54, 1.807) is 19.2 Å². The number of piperidine rings is 1. The van der Waals surface area contributed by atoms with Gasteiger partial charge in [0.25, 0.3) is 0 Å². The van der Waals surface area contributed by atoms with Crippen molar-refractivity contribution in [2.75, 3.05) is 19.6 Å². The second kappa shape index (κ2) is 5.99. The predicted molar refractivity (Wildman–Crippen MR) is 65.1 cm³/mol. The van der Waals surface area contributed by atoms with Crippen LogP contribution in [0.15, 0.2) is 0 Å². The highest BCUT2D eigenvalue weighted by atomic mass is 19.4. The van der Waals surface area contributed by atoms with E-state index >= 15 is 0 Å². The summed E-state index contributed by atoms with van der Waals surface area (Å²) in [5.74, 6) is -1.87. The Kier molecular flexibility index (Phi) is 5.01. The zero-order chi connectivity index (χ0) is 15.6. The lowest BCUT2D eigenvalue weighted by Crippen LogP contribution is -2.56. The Morgan fingerprint density at radius 1 is 1.40 bits per heavy atom. The van der Waals surface area contributed by atoms with Gasteiger partial charge in [-0.05, 0) is 24.8 Å². The summed E-state index contributed by atoms with van der Waals surface area (Å²) in [4.78, 5) is 24.2. The Morgan fingerprint density at radius 2 is 2.00 bits per heavy atom. The zero-order valence-corrected chi connectivity index (χ0v) is 11.5. The van der Waals surface area contributed by atoms with Gasteiger partial charge in [-0.25, -0.2) is 0 Å². The molecule has 116 valence electrons. The maximum absolute atomic E-state index is 12.0. The van der Waals surface area contributed by atoms with Crippen molar-refractivity contribution in [3.05, 3.63) is 0 Å². The minimum absolute atomic E-state index is 0.337. The number of nitrogens with one attached hydrogen (secondary N) is 1. The lowest BCUT2D eigenvalue weighted by Gasteiger charge is -2.43. The number of likely N-dealkylation sites (tertiary alicyclic amines) is 1. The first kappa shape index (κ1) is 16.7. The molecule has 1 aliphatic rings. The summed E-state index contributed by atoms with van der Waals surface area (Å²) in [7, 11) is 0. The standard InChI is InChI=1S/C12H19F3N2O3/c1-11(2)4-3-5-17(9(11)10(19)20)6-8(18)16-7-12(13,14)15/h9H,3-7H2,1-2H3,(H,16,18)(H,19,20). The predicted octanol–water partition coefficient (Wildman–Crippen LogP) is 1.24. The van der Waals surface area contributed by atoms with Crippen LogP contribution in [-0.4, -0.2) is 53.7 Å². The molecule has 1 rings (SSSR count). The smallest absolute Gasteiger partial charge is 0.405 e. The highest BCUT2D eigenvalue weighted by Gasteiger charge is 2.43. The molecule has 1 heterocycles. The van der Waals surface area contributed by atoms with E-state index in [2.05, 4.69) is 0 Å². The molecule has 1 atom stereocenters. The summed E-state index contributed by atoms with van der Waals surface area (Å²) in [6.45, 7) is 2.22. The second-order valence-corrected chi connectivity index (χ2v) is 5.70. The van der Waals surface area contributed by atoms with E-state index in [9.17, 15) is 27.9 Å². The summed E-state index contributed by atoms with van der Waals surface area (Å²) >= 11 is 0. The van der Waals surface area contributed by atoms with Crippen LogP contribution in [0.25, 0.3) is 0 Å². The minimum atomic E-state index is -4.47. The Labute approximate surface area is 115 Å². The number of halogens is 3. The maximum Gasteiger partial charge on any atom is 0.405 e. The van der Waals surface area contributed by atoms with E-state index in [0.29, 0.717) is 19.4 Å². The maximum atomic E-state index is 12.0. The first-order valence-corrected chi connectivity index (χ1v) is 6.33. The summed E-state index contributed by atoms with van der Waals surface area (Å²) in [5.41, 5.74) is -0.519. The van der Waals surface area contributed by atoms with E-state index in [1.807, 2.05) is 0 Å². The van der Waals surface area contributed by atoms with Crippen molar-refractivity contribution in [3.63, 3.8) is 0 Å². The molecule has 0 aromatic rings. The number of alkyl halides is 3. The fourth-order valence-electron chi connectivity index (χ4n) is 2.60. The number of rotatable bonds is 4. The molecule has 1 unspecified atom stereocenters. The molecule has 1 fully saturated rings. The number of amides is 1. The zero-order valence-electron chi connectivity index (χ0n) is 11.5. The number of carbonyl (C=O) groups excluding carboxylic acids is 1. The van der Waals surface area contributed by atoms with Crippen molar-refractivity contribution in [3.8, 4) is 0 Å². The van der Waals surface area contributed by atoms with Gasteiger partial charge >= 0.3 is 12.1 Å². The highest BCUT2D eigenvalue weighted by molar-refractivity contribution is 5.80. The molecular weight excluding hydrogens is 277 g/mol. The summed E-state index contributed by atoms with van der Waals surface area (Å²) < 4.78 is 36.0. The van der Waals surface area contributed by atoms with Gasteiger partial charge in [0.1, 0.15) is 12.6 Å². The van der Waals surface area contributed by atoms with Gasteiger partial charge in [-0.2, -0.15) is 13.2 Å². The highest BCUT2D eigenvalue weighted by Crippen LogP contribution is 2.35. The molecule has 0 aromatic carbocycles. The number of carbonyl (C=O) groups is 2. The van der Waals surface area contributed by atoms with E-state index in [4.69, 9.17) is 0 Å². The number of aliphatic carboxylic acids is 1. The van der Waals surface area contributed by atoms with E-state index in [-0.39, 0.29) is 6.54 Å². The third-order valence-corrected chi connectivity index (χ3v) is 3.44. The molecule has 8 heteroatoms. The molecule has 0 aromatic heterocycles. The van der Waals surface area contributed by atoms with Crippen LogP contribution >= 0.6 is 0 Å². The molecule has 2 N–H and O–H groups in total. The van der Waals surface area contributed by atoms with Gasteiger partial charge < -0.3 is 10.4 Å². The largest absolute Gasteiger partial charge is 0.480 e. The molecule has 0 bridgehead atoms. The fraction of sp³-hybridized carbons (Fsp3) is 0.833. The van der Waals surface area contributed by atoms with E-state index in [0.717, 1.165) is 0 Å². The topological polar surface area (TPSA) is 69.6 Å². The van der Waals surface area contributed by atoms with Gasteiger partial charge in [0.2, 0.25) is 5.91 Å². The number of nitrogens with zero attached hydrogens (tertiary/aromatic N) is 1. The van der Waals surface area contributed by atoms with Gasteiger partial charge in [-0.15, -0.1) is 0 Å². The van der Waals surface area contributed by atoms with Crippen LogP contribution in [0, 0.1) is 5.41 Å². The van der Waals surface area contributed by atoms with Gasteiger partial charge in [0, 0.05) is 0 Å². The molecule has 0 saturated carbocycles. The number of carboxylic acids is 1. The molecule has 0 aliphatic carbocycles. The summed E-state index contributed by atoms with van der Waals surface area (Å²) in [6.07, 6.45) is -3.06. The molecule has 5 nitrogen and oxygen atoms in total. The minimum Gasteiger partial charge on any atom is -0.480 e. The molecule has 1 aliphatic heterocycles. The summed E-state index contributed by atoms with van der Waals surface area (Å²) in [5, 5.41) is 11.0. The second-order valence-electron chi connectivity index (χ2n) is 5.70. The lowest BCUT2D eigenvalue weighted by atomic mass is 9.76. The number of hydrogen-bond donors (Lipinski definition) is 2. The molecule has 1 amide bonds. The number of carboxylic acid groups (broad SMARTS) is 1. The third-order valence-electron chi connectivity index (χ3n) is 3.44. The van der Waals surface area contributed by atoms with Crippen LogP contribution in [0.3, 0.4) is 0 Å². The molecule has 0 spiro atoms. The van der Waals surface area contributed by atoms with Crippen LogP contribution in [0.1, 0.15) is 26.7 Å². The monoisotopic (exact) mass is 296 g/mol. The van der Waals surface area contributed by atoms with Crippen molar-refractivity contribution >= 4 is 11.9 Å². The quantitative estimate of drug-likeness (QED) is 0.819. The average molecular weight is 296 g/mol. The first-order valence-electron chi connectivity index (χ1n) is 6.33. The fourth-order valence-corrected chi connectivity index (χ4v) is 2.60. The van der Waals surface area contributed by atoms with Crippen LogP contribution in [-0.2, 0) is 9.59 Å². The van der Waals surface area contributed by atoms with Crippen molar-refractivity contribution in [1.29, 1.82) is 0 Å². The average Bonchev–Trinajstić information content (AvgIpc) is 2.23. The van der Waals surface area contributed by atoms with Gasteiger partial charge in [0.15, 0.2) is 0 Å². The normalized spacial score (nSPS) is 23.4. The third kappa shape index (κ3) is 4.66.